The summed E-state index contributed by atoms with van der Waals surface area (Å²) >= 11 is 0. The van der Waals surface area contributed by atoms with E-state index < -0.39 is 33.7 Å². The van der Waals surface area contributed by atoms with E-state index in [9.17, 15) is 27.5 Å². The highest BCUT2D eigenvalue weighted by atomic mass is 32.2. The highest BCUT2D eigenvalue weighted by molar-refractivity contribution is 7.89. The summed E-state index contributed by atoms with van der Waals surface area (Å²) in [6.45, 7) is 4.57. The molecule has 0 radical (unpaired) electrons. The van der Waals surface area contributed by atoms with Crippen LogP contribution in [0.4, 0.5) is 9.18 Å². The van der Waals surface area contributed by atoms with Crippen LogP contribution in [0.3, 0.4) is 0 Å². The van der Waals surface area contributed by atoms with Crippen molar-refractivity contribution < 1.29 is 32.2 Å². The van der Waals surface area contributed by atoms with E-state index in [0.717, 1.165) is 4.31 Å². The zero-order chi connectivity index (χ0) is 23.7. The summed E-state index contributed by atoms with van der Waals surface area (Å²) in [7, 11) is -4.13. The number of ether oxygens (including phenoxy) is 1. The third-order valence-corrected chi connectivity index (χ3v) is 6.83. The number of benzene rings is 2. The molecule has 10 heteroatoms. The molecule has 3 rings (SSSR count). The van der Waals surface area contributed by atoms with Crippen molar-refractivity contribution in [3.8, 4) is 11.1 Å². The van der Waals surface area contributed by atoms with Gasteiger partial charge in [-0.2, -0.15) is 4.31 Å². The van der Waals surface area contributed by atoms with Crippen LogP contribution in [0.5, 0.6) is 0 Å². The standard InChI is InChI=1S/C22H25FN2O6S/c1-22(2,3)31-21(28)24-12-13-25(19(14-24)20(26)27)32(29,30)18-10-6-16(7-11-18)15-4-8-17(23)9-5-15/h4-11,19H,12-14H2,1-3H3,(H,26,27)/t19-/m1/s1. The van der Waals surface area contributed by atoms with Crippen LogP contribution in [-0.2, 0) is 19.6 Å². The van der Waals surface area contributed by atoms with Crippen molar-refractivity contribution in [2.45, 2.75) is 37.3 Å². The summed E-state index contributed by atoms with van der Waals surface area (Å²) in [6.07, 6.45) is -0.690. The minimum atomic E-state index is -4.13. The van der Waals surface area contributed by atoms with Crippen molar-refractivity contribution >= 4 is 22.1 Å². The first kappa shape index (κ1) is 23.7. The fraction of sp³-hybridized carbons (Fsp3) is 0.364. The second-order valence-corrected chi connectivity index (χ2v) is 10.3. The molecule has 1 N–H and O–H groups in total. The predicted octanol–water partition coefficient (Wildman–Crippen LogP) is 3.19. The van der Waals surface area contributed by atoms with E-state index in [0.29, 0.717) is 11.1 Å². The topological polar surface area (TPSA) is 104 Å². The zero-order valence-electron chi connectivity index (χ0n) is 18.0. The lowest BCUT2D eigenvalue weighted by atomic mass is 10.1. The molecule has 1 aliphatic heterocycles. The molecule has 0 aliphatic carbocycles. The molecular weight excluding hydrogens is 439 g/mol. The second-order valence-electron chi connectivity index (χ2n) is 8.43. The summed E-state index contributed by atoms with van der Waals surface area (Å²) in [5.41, 5.74) is 0.642. The van der Waals surface area contributed by atoms with Gasteiger partial charge in [-0.3, -0.25) is 4.79 Å². The van der Waals surface area contributed by atoms with Crippen LogP contribution in [0.25, 0.3) is 11.1 Å². The van der Waals surface area contributed by atoms with Crippen molar-refractivity contribution in [1.82, 2.24) is 9.21 Å². The summed E-state index contributed by atoms with van der Waals surface area (Å²) in [5.74, 6) is -1.73. The van der Waals surface area contributed by atoms with Gasteiger partial charge in [-0.05, 0) is 56.2 Å². The third-order valence-electron chi connectivity index (χ3n) is 4.91. The molecule has 1 saturated heterocycles. The summed E-state index contributed by atoms with van der Waals surface area (Å²) in [6, 6.07) is 10.2. The molecule has 0 bridgehead atoms. The lowest BCUT2D eigenvalue weighted by Gasteiger charge is -2.38. The number of amides is 1. The Kier molecular flexibility index (Phi) is 6.56. The molecule has 8 nitrogen and oxygen atoms in total. The van der Waals surface area contributed by atoms with Crippen LogP contribution in [0, 0.1) is 5.82 Å². The number of hydrogen-bond acceptors (Lipinski definition) is 5. The lowest BCUT2D eigenvalue weighted by Crippen LogP contribution is -2.59. The van der Waals surface area contributed by atoms with Gasteiger partial charge < -0.3 is 14.7 Å². The van der Waals surface area contributed by atoms with E-state index in [-0.39, 0.29) is 30.3 Å². The van der Waals surface area contributed by atoms with E-state index in [1.807, 2.05) is 0 Å². The lowest BCUT2D eigenvalue weighted by molar-refractivity contribution is -0.143. The Hall–Kier alpha value is -2.98. The monoisotopic (exact) mass is 464 g/mol. The van der Waals surface area contributed by atoms with Crippen LogP contribution in [0.15, 0.2) is 53.4 Å². The van der Waals surface area contributed by atoms with Crippen LogP contribution in [0.1, 0.15) is 20.8 Å². The Morgan fingerprint density at radius 1 is 1.00 bits per heavy atom. The number of nitrogens with zero attached hydrogens (tertiary/aromatic N) is 2. The highest BCUT2D eigenvalue weighted by Gasteiger charge is 2.42. The Bertz CT molecular complexity index is 1090. The van der Waals surface area contributed by atoms with Gasteiger partial charge in [-0.25, -0.2) is 17.6 Å². The minimum absolute atomic E-state index is 0.00554. The van der Waals surface area contributed by atoms with Gasteiger partial charge in [0.2, 0.25) is 10.0 Å². The van der Waals surface area contributed by atoms with Crippen LogP contribution in [0.2, 0.25) is 0 Å². The van der Waals surface area contributed by atoms with Gasteiger partial charge in [0.15, 0.2) is 0 Å². The predicted molar refractivity (Wildman–Crippen MR) is 115 cm³/mol. The molecule has 32 heavy (non-hydrogen) atoms. The first-order valence-corrected chi connectivity index (χ1v) is 11.4. The van der Waals surface area contributed by atoms with Crippen molar-refractivity contribution in [3.63, 3.8) is 0 Å². The average molecular weight is 465 g/mol. The van der Waals surface area contributed by atoms with Crippen molar-refractivity contribution in [3.05, 3.63) is 54.3 Å². The number of carbonyl (C=O) groups is 2. The molecule has 1 aliphatic rings. The first-order valence-electron chi connectivity index (χ1n) is 9.97. The van der Waals surface area contributed by atoms with Gasteiger partial charge in [0.05, 0.1) is 11.4 Å². The van der Waals surface area contributed by atoms with Crippen molar-refractivity contribution in [1.29, 1.82) is 0 Å². The third kappa shape index (κ3) is 5.25. The number of hydrogen-bond donors (Lipinski definition) is 1. The molecule has 0 saturated carbocycles. The molecular formula is C22H25FN2O6S. The van der Waals surface area contributed by atoms with Gasteiger partial charge in [0.25, 0.3) is 0 Å². The van der Waals surface area contributed by atoms with E-state index in [1.54, 1.807) is 45.0 Å². The summed E-state index contributed by atoms with van der Waals surface area (Å²) < 4.78 is 45.6. The van der Waals surface area contributed by atoms with E-state index in [4.69, 9.17) is 4.74 Å². The molecule has 0 spiro atoms. The Morgan fingerprint density at radius 3 is 2.03 bits per heavy atom. The summed E-state index contributed by atoms with van der Waals surface area (Å²) in [5, 5.41) is 9.65. The fourth-order valence-corrected chi connectivity index (χ4v) is 4.91. The number of sulfonamides is 1. The number of aliphatic carboxylic acids is 1. The number of carbonyl (C=O) groups excluding carboxylic acids is 1. The van der Waals surface area contributed by atoms with Crippen molar-refractivity contribution in [2.24, 2.45) is 0 Å². The number of rotatable bonds is 4. The highest BCUT2D eigenvalue weighted by Crippen LogP contribution is 2.26. The number of carboxylic acid groups (broad SMARTS) is 1. The maximum atomic E-state index is 13.2. The largest absolute Gasteiger partial charge is 0.480 e. The van der Waals surface area contributed by atoms with Gasteiger partial charge in [-0.1, -0.05) is 24.3 Å². The number of piperazine rings is 1. The normalized spacial score (nSPS) is 17.8. The van der Waals surface area contributed by atoms with Gasteiger partial charge in [0, 0.05) is 13.1 Å². The minimum Gasteiger partial charge on any atom is -0.480 e. The van der Waals surface area contributed by atoms with Gasteiger partial charge in [0.1, 0.15) is 17.5 Å². The Labute approximate surface area is 186 Å². The van der Waals surface area contributed by atoms with Crippen LogP contribution in [-0.4, -0.2) is 66.1 Å². The van der Waals surface area contributed by atoms with Gasteiger partial charge in [-0.15, -0.1) is 0 Å². The smallest absolute Gasteiger partial charge is 0.410 e. The van der Waals surface area contributed by atoms with Gasteiger partial charge >= 0.3 is 12.1 Å². The quantitative estimate of drug-likeness (QED) is 0.745. The van der Waals surface area contributed by atoms with Crippen LogP contribution >= 0.6 is 0 Å². The molecule has 1 atom stereocenters. The molecule has 2 aromatic carbocycles. The second kappa shape index (κ2) is 8.87. The molecule has 1 fully saturated rings. The average Bonchev–Trinajstić information content (AvgIpc) is 2.72. The fourth-order valence-electron chi connectivity index (χ4n) is 3.34. The molecule has 1 amide bonds. The SMILES string of the molecule is CC(C)(C)OC(=O)N1CCN(S(=O)(=O)c2ccc(-c3ccc(F)cc3)cc2)[C@@H](C(=O)O)C1. The molecule has 1 heterocycles. The number of halogens is 1. The van der Waals surface area contributed by atoms with E-state index in [1.165, 1.54) is 29.2 Å². The maximum absolute atomic E-state index is 13.2. The van der Waals surface area contributed by atoms with E-state index >= 15 is 0 Å². The Morgan fingerprint density at radius 2 is 1.53 bits per heavy atom. The molecule has 0 aromatic heterocycles. The molecule has 172 valence electrons. The molecule has 2 aromatic rings. The molecule has 0 unspecified atom stereocenters. The Balaban J connectivity index is 1.81. The van der Waals surface area contributed by atoms with Crippen LogP contribution < -0.4 is 0 Å². The van der Waals surface area contributed by atoms with Crippen molar-refractivity contribution in [2.75, 3.05) is 19.6 Å². The zero-order valence-corrected chi connectivity index (χ0v) is 18.8. The maximum Gasteiger partial charge on any atom is 0.410 e. The number of carboxylic acids is 1. The van der Waals surface area contributed by atoms with E-state index in [2.05, 4.69) is 0 Å². The summed E-state index contributed by atoms with van der Waals surface area (Å²) in [4.78, 5) is 25.3. The first-order chi connectivity index (χ1) is 14.9.